The predicted octanol–water partition coefficient (Wildman–Crippen LogP) is 5.59. The zero-order valence-electron chi connectivity index (χ0n) is 13.9. The summed E-state index contributed by atoms with van der Waals surface area (Å²) in [6.07, 6.45) is 0. The van der Waals surface area contributed by atoms with Gasteiger partial charge in [0.05, 0.1) is 21.4 Å². The number of nitrogens with one attached hydrogen (secondary N) is 2. The number of carbonyl (C=O) groups is 2. The highest BCUT2D eigenvalue weighted by molar-refractivity contribution is 9.10. The molecule has 0 saturated carbocycles. The smallest absolute Gasteiger partial charge is 0.258 e. The first-order valence-corrected chi connectivity index (χ1v) is 11.0. The highest BCUT2D eigenvalue weighted by atomic mass is 79.9. The van der Waals surface area contributed by atoms with Gasteiger partial charge >= 0.3 is 0 Å². The Hall–Kier alpha value is -1.65. The Morgan fingerprint density at radius 1 is 1.07 bits per heavy atom. The van der Waals surface area contributed by atoms with Crippen LogP contribution in [0.15, 0.2) is 51.3 Å². The van der Waals surface area contributed by atoms with Crippen LogP contribution in [-0.2, 0) is 4.79 Å². The van der Waals surface area contributed by atoms with Crippen LogP contribution in [0.4, 0.5) is 10.8 Å². The predicted molar refractivity (Wildman–Crippen MR) is 118 cm³/mol. The Morgan fingerprint density at radius 2 is 1.86 bits per heavy atom. The molecule has 0 atom stereocenters. The molecule has 144 valence electrons. The third kappa shape index (κ3) is 5.68. The van der Waals surface area contributed by atoms with E-state index in [0.717, 1.165) is 0 Å². The first kappa shape index (κ1) is 21.1. The van der Waals surface area contributed by atoms with E-state index in [1.165, 1.54) is 23.1 Å². The van der Waals surface area contributed by atoms with Crippen LogP contribution >= 0.6 is 62.2 Å². The third-order valence-corrected chi connectivity index (χ3v) is 6.68. The molecule has 0 unspecified atom stereocenters. The molecule has 0 aliphatic heterocycles. The SMILES string of the molecule is O=C(CSc1nnc(NC(=O)c2ccccc2Br)s1)Nc1ccc(Cl)c(Cl)c1. The lowest BCUT2D eigenvalue weighted by atomic mass is 10.2. The topological polar surface area (TPSA) is 84.0 Å². The molecular formula is C17H11BrCl2N4O2S2. The summed E-state index contributed by atoms with van der Waals surface area (Å²) in [5.74, 6) is -0.387. The summed E-state index contributed by atoms with van der Waals surface area (Å²) >= 11 is 17.5. The van der Waals surface area contributed by atoms with Crippen molar-refractivity contribution in [2.24, 2.45) is 0 Å². The maximum absolute atomic E-state index is 12.3. The Bertz CT molecular complexity index is 1030. The lowest BCUT2D eigenvalue weighted by molar-refractivity contribution is -0.113. The number of rotatable bonds is 6. The highest BCUT2D eigenvalue weighted by Gasteiger charge is 2.14. The molecule has 0 fully saturated rings. The number of anilines is 2. The molecule has 0 aliphatic carbocycles. The van der Waals surface area contributed by atoms with Crippen molar-refractivity contribution in [1.82, 2.24) is 10.2 Å². The van der Waals surface area contributed by atoms with Crippen molar-refractivity contribution < 1.29 is 9.59 Å². The second kappa shape index (κ2) is 9.71. The van der Waals surface area contributed by atoms with Crippen molar-refractivity contribution in [3.05, 3.63) is 62.5 Å². The molecule has 3 rings (SSSR count). The monoisotopic (exact) mass is 516 g/mol. The molecule has 2 aromatic carbocycles. The fourth-order valence-electron chi connectivity index (χ4n) is 2.03. The molecule has 0 spiro atoms. The van der Waals surface area contributed by atoms with Crippen LogP contribution in [0.2, 0.25) is 10.0 Å². The van der Waals surface area contributed by atoms with Gasteiger partial charge in [0.2, 0.25) is 11.0 Å². The minimum absolute atomic E-state index is 0.132. The van der Waals surface area contributed by atoms with Gasteiger partial charge in [0.15, 0.2) is 4.34 Å². The molecule has 1 aromatic heterocycles. The number of hydrogen-bond acceptors (Lipinski definition) is 6. The van der Waals surface area contributed by atoms with E-state index in [9.17, 15) is 9.59 Å². The minimum Gasteiger partial charge on any atom is -0.325 e. The molecule has 2 amide bonds. The molecule has 0 saturated heterocycles. The number of hydrogen-bond donors (Lipinski definition) is 2. The van der Waals surface area contributed by atoms with Gasteiger partial charge in [-0.3, -0.25) is 14.9 Å². The third-order valence-electron chi connectivity index (χ3n) is 3.28. The normalized spacial score (nSPS) is 10.5. The van der Waals surface area contributed by atoms with E-state index >= 15 is 0 Å². The van der Waals surface area contributed by atoms with Crippen LogP contribution in [0.1, 0.15) is 10.4 Å². The van der Waals surface area contributed by atoms with Gasteiger partial charge < -0.3 is 5.32 Å². The van der Waals surface area contributed by atoms with Crippen LogP contribution < -0.4 is 10.6 Å². The van der Waals surface area contributed by atoms with Gasteiger partial charge in [-0.05, 0) is 46.3 Å². The van der Waals surface area contributed by atoms with Gasteiger partial charge in [0, 0.05) is 10.2 Å². The molecular weight excluding hydrogens is 507 g/mol. The quantitative estimate of drug-likeness (QED) is 0.329. The van der Waals surface area contributed by atoms with Gasteiger partial charge in [0.25, 0.3) is 5.91 Å². The zero-order chi connectivity index (χ0) is 20.1. The maximum Gasteiger partial charge on any atom is 0.258 e. The Balaban J connectivity index is 1.53. The van der Waals surface area contributed by atoms with Gasteiger partial charge in [0.1, 0.15) is 0 Å². The zero-order valence-corrected chi connectivity index (χ0v) is 18.6. The average Bonchev–Trinajstić information content (AvgIpc) is 3.11. The van der Waals surface area contributed by atoms with E-state index in [1.807, 2.05) is 6.07 Å². The molecule has 0 radical (unpaired) electrons. The van der Waals surface area contributed by atoms with E-state index in [2.05, 4.69) is 36.8 Å². The highest BCUT2D eigenvalue weighted by Crippen LogP contribution is 2.28. The van der Waals surface area contributed by atoms with E-state index in [1.54, 1.807) is 36.4 Å². The Labute approximate surface area is 187 Å². The van der Waals surface area contributed by atoms with Crippen molar-refractivity contribution >= 4 is 84.9 Å². The van der Waals surface area contributed by atoms with E-state index in [0.29, 0.717) is 35.2 Å². The number of carbonyl (C=O) groups excluding carboxylic acids is 2. The summed E-state index contributed by atoms with van der Waals surface area (Å²) in [6.45, 7) is 0. The first-order chi connectivity index (χ1) is 13.4. The fraction of sp³-hybridized carbons (Fsp3) is 0.0588. The molecule has 2 N–H and O–H groups in total. The summed E-state index contributed by atoms with van der Waals surface area (Å²) in [7, 11) is 0. The number of benzene rings is 2. The van der Waals surface area contributed by atoms with Gasteiger partial charge in [-0.1, -0.05) is 58.4 Å². The standard InChI is InChI=1S/C17H11BrCl2N4O2S2/c18-11-4-2-1-3-10(11)15(26)22-16-23-24-17(28-16)27-8-14(25)21-9-5-6-12(19)13(20)7-9/h1-7H,8H2,(H,21,25)(H,22,23,26). The Kier molecular flexibility index (Phi) is 7.30. The number of halogens is 3. The molecule has 6 nitrogen and oxygen atoms in total. The number of aromatic nitrogens is 2. The number of amides is 2. The lowest BCUT2D eigenvalue weighted by Gasteiger charge is -2.05. The summed E-state index contributed by atoms with van der Waals surface area (Å²) in [5.41, 5.74) is 1.05. The van der Waals surface area contributed by atoms with Gasteiger partial charge in [-0.25, -0.2) is 0 Å². The average molecular weight is 518 g/mol. The summed E-state index contributed by atoms with van der Waals surface area (Å²) in [4.78, 5) is 24.3. The number of thioether (sulfide) groups is 1. The van der Waals surface area contributed by atoms with Crippen molar-refractivity contribution in [1.29, 1.82) is 0 Å². The lowest BCUT2D eigenvalue weighted by Crippen LogP contribution is -2.13. The van der Waals surface area contributed by atoms with E-state index < -0.39 is 0 Å². The van der Waals surface area contributed by atoms with Crippen LogP contribution in [0, 0.1) is 0 Å². The van der Waals surface area contributed by atoms with Crippen LogP contribution in [0.3, 0.4) is 0 Å². The molecule has 0 aliphatic rings. The summed E-state index contributed by atoms with van der Waals surface area (Å²) in [6, 6.07) is 11.9. The molecule has 11 heteroatoms. The second-order valence-corrected chi connectivity index (χ2v) is 9.14. The van der Waals surface area contributed by atoms with Crippen molar-refractivity contribution in [3.8, 4) is 0 Å². The maximum atomic E-state index is 12.3. The molecule has 3 aromatic rings. The van der Waals surface area contributed by atoms with Crippen molar-refractivity contribution in [2.45, 2.75) is 4.34 Å². The van der Waals surface area contributed by atoms with E-state index in [-0.39, 0.29) is 17.6 Å². The summed E-state index contributed by atoms with van der Waals surface area (Å²) in [5, 5.41) is 14.5. The van der Waals surface area contributed by atoms with E-state index in [4.69, 9.17) is 23.2 Å². The second-order valence-electron chi connectivity index (χ2n) is 5.27. The first-order valence-electron chi connectivity index (χ1n) is 7.69. The van der Waals surface area contributed by atoms with Crippen LogP contribution in [0.5, 0.6) is 0 Å². The van der Waals surface area contributed by atoms with Crippen molar-refractivity contribution in [3.63, 3.8) is 0 Å². The minimum atomic E-state index is -0.294. The fourth-order valence-corrected chi connectivity index (χ4v) is 4.34. The van der Waals surface area contributed by atoms with Crippen LogP contribution in [-0.4, -0.2) is 27.8 Å². The van der Waals surface area contributed by atoms with Gasteiger partial charge in [-0.2, -0.15) is 0 Å². The number of nitrogens with zero attached hydrogens (tertiary/aromatic N) is 2. The summed E-state index contributed by atoms with van der Waals surface area (Å²) < 4.78 is 1.25. The molecule has 28 heavy (non-hydrogen) atoms. The largest absolute Gasteiger partial charge is 0.325 e. The Morgan fingerprint density at radius 3 is 2.61 bits per heavy atom. The molecule has 0 bridgehead atoms. The van der Waals surface area contributed by atoms with Crippen molar-refractivity contribution in [2.75, 3.05) is 16.4 Å². The van der Waals surface area contributed by atoms with Crippen LogP contribution in [0.25, 0.3) is 0 Å². The molecule has 1 heterocycles. The van der Waals surface area contributed by atoms with Gasteiger partial charge in [-0.15, -0.1) is 10.2 Å².